The van der Waals surface area contributed by atoms with E-state index in [0.29, 0.717) is 17.2 Å². The second kappa shape index (κ2) is 4.76. The molecule has 0 bridgehead atoms. The van der Waals surface area contributed by atoms with Crippen molar-refractivity contribution in [3.63, 3.8) is 0 Å². The number of alkyl halides is 3. The first-order valence-electron chi connectivity index (χ1n) is 4.24. The van der Waals surface area contributed by atoms with Gasteiger partial charge in [0.15, 0.2) is 0 Å². The van der Waals surface area contributed by atoms with E-state index in [9.17, 15) is 13.2 Å². The molecular formula is C9H11F3N2S. The molecule has 0 amide bonds. The number of nitrogens with two attached hydrogens (primary N) is 2. The van der Waals surface area contributed by atoms with E-state index < -0.39 is 11.7 Å². The van der Waals surface area contributed by atoms with Gasteiger partial charge in [-0.25, -0.2) is 0 Å². The van der Waals surface area contributed by atoms with Crippen LogP contribution >= 0.6 is 11.8 Å². The second-order valence-corrected chi connectivity index (χ2v) is 4.02. The molecule has 1 rings (SSSR count). The van der Waals surface area contributed by atoms with Gasteiger partial charge in [0, 0.05) is 22.9 Å². The summed E-state index contributed by atoms with van der Waals surface area (Å²) in [6, 6.07) is 3.34. The molecule has 2 nitrogen and oxygen atoms in total. The summed E-state index contributed by atoms with van der Waals surface area (Å²) in [4.78, 5) is 0.633. The van der Waals surface area contributed by atoms with Crippen molar-refractivity contribution in [2.45, 2.75) is 11.1 Å². The summed E-state index contributed by atoms with van der Waals surface area (Å²) in [5, 5.41) is 0. The molecule has 0 aliphatic heterocycles. The number of thioether (sulfide) groups is 1. The van der Waals surface area contributed by atoms with E-state index in [-0.39, 0.29) is 5.69 Å². The van der Waals surface area contributed by atoms with Crippen LogP contribution < -0.4 is 11.5 Å². The molecule has 0 saturated heterocycles. The van der Waals surface area contributed by atoms with Crippen LogP contribution in [0, 0.1) is 0 Å². The van der Waals surface area contributed by atoms with Gasteiger partial charge in [0.2, 0.25) is 0 Å². The van der Waals surface area contributed by atoms with E-state index >= 15 is 0 Å². The van der Waals surface area contributed by atoms with Gasteiger partial charge in [-0.05, 0) is 18.2 Å². The Morgan fingerprint density at radius 1 is 1.27 bits per heavy atom. The molecule has 84 valence electrons. The minimum absolute atomic E-state index is 0.142. The van der Waals surface area contributed by atoms with Crippen LogP contribution in [0.1, 0.15) is 5.56 Å². The molecule has 4 N–H and O–H groups in total. The van der Waals surface area contributed by atoms with Crippen molar-refractivity contribution in [1.82, 2.24) is 0 Å². The van der Waals surface area contributed by atoms with Crippen molar-refractivity contribution < 1.29 is 13.2 Å². The van der Waals surface area contributed by atoms with E-state index in [4.69, 9.17) is 11.5 Å². The van der Waals surface area contributed by atoms with Gasteiger partial charge in [-0.3, -0.25) is 0 Å². The molecule has 1 aromatic rings. The summed E-state index contributed by atoms with van der Waals surface area (Å²) in [6.45, 7) is 0.463. The quantitative estimate of drug-likeness (QED) is 0.625. The van der Waals surface area contributed by atoms with Gasteiger partial charge in [0.25, 0.3) is 0 Å². The molecule has 0 aliphatic carbocycles. The molecule has 0 heterocycles. The predicted molar refractivity (Wildman–Crippen MR) is 55.6 cm³/mol. The highest BCUT2D eigenvalue weighted by molar-refractivity contribution is 7.99. The van der Waals surface area contributed by atoms with Gasteiger partial charge >= 0.3 is 6.18 Å². The highest BCUT2D eigenvalue weighted by atomic mass is 32.2. The third-order valence-electron chi connectivity index (χ3n) is 1.71. The van der Waals surface area contributed by atoms with Crippen LogP contribution in [0.25, 0.3) is 0 Å². The number of rotatable bonds is 3. The molecule has 1 aromatic carbocycles. The lowest BCUT2D eigenvalue weighted by Gasteiger charge is -2.10. The molecule has 0 unspecified atom stereocenters. The van der Waals surface area contributed by atoms with Gasteiger partial charge in [0.05, 0.1) is 5.56 Å². The number of nitrogen functional groups attached to an aromatic ring is 1. The van der Waals surface area contributed by atoms with Crippen LogP contribution in [0.4, 0.5) is 18.9 Å². The zero-order valence-electron chi connectivity index (χ0n) is 7.84. The van der Waals surface area contributed by atoms with Crippen LogP contribution in [-0.4, -0.2) is 12.3 Å². The average molecular weight is 236 g/mol. The molecule has 0 fully saturated rings. The Kier molecular flexibility index (Phi) is 3.87. The minimum Gasteiger partial charge on any atom is -0.398 e. The minimum atomic E-state index is -4.34. The molecular weight excluding hydrogens is 225 g/mol. The fourth-order valence-corrected chi connectivity index (χ4v) is 1.75. The first-order chi connectivity index (χ1) is 6.95. The van der Waals surface area contributed by atoms with Crippen molar-refractivity contribution in [2.75, 3.05) is 18.0 Å². The lowest BCUT2D eigenvalue weighted by molar-refractivity contribution is -0.137. The maximum atomic E-state index is 12.3. The maximum absolute atomic E-state index is 12.3. The van der Waals surface area contributed by atoms with Gasteiger partial charge in [0.1, 0.15) is 0 Å². The highest BCUT2D eigenvalue weighted by Gasteiger charge is 2.30. The summed E-state index contributed by atoms with van der Waals surface area (Å²) in [6.07, 6.45) is -4.34. The topological polar surface area (TPSA) is 52.0 Å². The monoisotopic (exact) mass is 236 g/mol. The van der Waals surface area contributed by atoms with Crippen LogP contribution in [0.2, 0.25) is 0 Å². The number of hydrogen-bond donors (Lipinski definition) is 2. The van der Waals surface area contributed by atoms with Crippen molar-refractivity contribution >= 4 is 17.4 Å². The number of hydrogen-bond acceptors (Lipinski definition) is 3. The zero-order chi connectivity index (χ0) is 11.5. The SMILES string of the molecule is NCCSc1ccc(C(F)(F)F)cc1N. The third-order valence-corrected chi connectivity index (χ3v) is 2.84. The zero-order valence-corrected chi connectivity index (χ0v) is 8.66. The average Bonchev–Trinajstić information content (AvgIpc) is 2.14. The summed E-state index contributed by atoms with van der Waals surface area (Å²) in [5.41, 5.74) is 10.2. The summed E-state index contributed by atoms with van der Waals surface area (Å²) >= 11 is 1.35. The summed E-state index contributed by atoms with van der Waals surface area (Å²) < 4.78 is 36.8. The summed E-state index contributed by atoms with van der Waals surface area (Å²) in [7, 11) is 0. The van der Waals surface area contributed by atoms with Gasteiger partial charge in [-0.15, -0.1) is 11.8 Å². The fraction of sp³-hybridized carbons (Fsp3) is 0.333. The first-order valence-corrected chi connectivity index (χ1v) is 5.23. The van der Waals surface area contributed by atoms with Crippen LogP contribution in [0.15, 0.2) is 23.1 Å². The summed E-state index contributed by atoms with van der Waals surface area (Å²) in [5.74, 6) is 0.634. The molecule has 0 radical (unpaired) electrons. The third kappa shape index (κ3) is 3.32. The molecule has 0 aromatic heterocycles. The lowest BCUT2D eigenvalue weighted by Crippen LogP contribution is -2.06. The number of halogens is 3. The van der Waals surface area contributed by atoms with E-state index in [1.807, 2.05) is 0 Å². The Morgan fingerprint density at radius 2 is 1.93 bits per heavy atom. The van der Waals surface area contributed by atoms with Gasteiger partial charge in [-0.1, -0.05) is 0 Å². The second-order valence-electron chi connectivity index (χ2n) is 2.89. The maximum Gasteiger partial charge on any atom is 0.416 e. The predicted octanol–water partition coefficient (Wildman–Crippen LogP) is 2.34. The normalized spacial score (nSPS) is 11.7. The van der Waals surface area contributed by atoms with E-state index in [0.717, 1.165) is 12.1 Å². The number of anilines is 1. The molecule has 6 heteroatoms. The molecule has 15 heavy (non-hydrogen) atoms. The molecule has 0 atom stereocenters. The standard InChI is InChI=1S/C9H11F3N2S/c10-9(11,12)6-1-2-8(7(14)5-6)15-4-3-13/h1-2,5H,3-4,13-14H2. The lowest BCUT2D eigenvalue weighted by atomic mass is 10.2. The van der Waals surface area contributed by atoms with Crippen molar-refractivity contribution in [3.05, 3.63) is 23.8 Å². The molecule has 0 spiro atoms. The Bertz CT molecular complexity index is 339. The molecule has 0 aliphatic rings. The van der Waals surface area contributed by atoms with Crippen LogP contribution in [0.3, 0.4) is 0 Å². The Morgan fingerprint density at radius 3 is 2.40 bits per heavy atom. The van der Waals surface area contributed by atoms with Crippen molar-refractivity contribution in [1.29, 1.82) is 0 Å². The van der Waals surface area contributed by atoms with E-state index in [2.05, 4.69) is 0 Å². The van der Waals surface area contributed by atoms with E-state index in [1.54, 1.807) is 0 Å². The van der Waals surface area contributed by atoms with Crippen molar-refractivity contribution in [2.24, 2.45) is 5.73 Å². The van der Waals surface area contributed by atoms with Crippen LogP contribution in [0.5, 0.6) is 0 Å². The number of benzene rings is 1. The Hall–Kier alpha value is -0.880. The van der Waals surface area contributed by atoms with Crippen molar-refractivity contribution in [3.8, 4) is 0 Å². The largest absolute Gasteiger partial charge is 0.416 e. The van der Waals surface area contributed by atoms with Crippen LogP contribution in [-0.2, 0) is 6.18 Å². The molecule has 0 saturated carbocycles. The Labute approximate surface area is 89.8 Å². The van der Waals surface area contributed by atoms with Gasteiger partial charge in [-0.2, -0.15) is 13.2 Å². The first kappa shape index (κ1) is 12.2. The fourth-order valence-electron chi connectivity index (χ4n) is 1.03. The highest BCUT2D eigenvalue weighted by Crippen LogP contribution is 2.33. The Balaban J connectivity index is 2.88. The smallest absolute Gasteiger partial charge is 0.398 e. The van der Waals surface area contributed by atoms with E-state index in [1.165, 1.54) is 17.8 Å². The van der Waals surface area contributed by atoms with Gasteiger partial charge < -0.3 is 11.5 Å².